The third-order valence-corrected chi connectivity index (χ3v) is 5.73. The molecule has 0 spiro atoms. The van der Waals surface area contributed by atoms with Crippen LogP contribution < -0.4 is 10.2 Å². The summed E-state index contributed by atoms with van der Waals surface area (Å²) in [5.74, 6) is -0.217. The zero-order valence-corrected chi connectivity index (χ0v) is 18.4. The summed E-state index contributed by atoms with van der Waals surface area (Å²) in [5, 5.41) is 3.86. The van der Waals surface area contributed by atoms with E-state index in [0.29, 0.717) is 35.6 Å². The Bertz CT molecular complexity index is 1150. The molecule has 3 heterocycles. The zero-order chi connectivity index (χ0) is 22.1. The average molecular weight is 418 g/mol. The van der Waals surface area contributed by atoms with E-state index >= 15 is 0 Å². The second kappa shape index (κ2) is 8.34. The third-order valence-electron chi connectivity index (χ3n) is 5.73. The highest BCUT2D eigenvalue weighted by Gasteiger charge is 2.31. The number of para-hydroxylation sites is 1. The quantitative estimate of drug-likeness (QED) is 0.665. The van der Waals surface area contributed by atoms with Gasteiger partial charge in [-0.3, -0.25) is 19.7 Å². The molecule has 3 amide bonds. The van der Waals surface area contributed by atoms with E-state index in [1.165, 1.54) is 0 Å². The third kappa shape index (κ3) is 3.71. The van der Waals surface area contributed by atoms with Crippen molar-refractivity contribution in [2.24, 2.45) is 0 Å². The first kappa shape index (κ1) is 20.8. The maximum Gasteiger partial charge on any atom is 0.324 e. The fourth-order valence-corrected chi connectivity index (χ4v) is 4.26. The number of amides is 3. The van der Waals surface area contributed by atoms with Gasteiger partial charge in [0, 0.05) is 37.4 Å². The van der Waals surface area contributed by atoms with Crippen molar-refractivity contribution in [2.75, 3.05) is 29.9 Å². The Morgan fingerprint density at radius 3 is 2.65 bits per heavy atom. The van der Waals surface area contributed by atoms with Crippen LogP contribution in [-0.2, 0) is 0 Å². The van der Waals surface area contributed by atoms with Gasteiger partial charge in [0.1, 0.15) is 0 Å². The molecule has 7 nitrogen and oxygen atoms in total. The lowest BCUT2D eigenvalue weighted by atomic mass is 10.1. The number of fused-ring (bicyclic) bond motifs is 1. The summed E-state index contributed by atoms with van der Waals surface area (Å²) in [6.07, 6.45) is 4.40. The molecule has 7 heteroatoms. The maximum absolute atomic E-state index is 13.0. The van der Waals surface area contributed by atoms with Crippen LogP contribution in [0.5, 0.6) is 0 Å². The molecule has 31 heavy (non-hydrogen) atoms. The summed E-state index contributed by atoms with van der Waals surface area (Å²) in [6, 6.07) is 7.52. The molecule has 1 aliphatic rings. The first-order valence-electron chi connectivity index (χ1n) is 10.6. The second-order valence-electron chi connectivity index (χ2n) is 7.96. The van der Waals surface area contributed by atoms with Crippen molar-refractivity contribution in [1.82, 2.24) is 14.9 Å². The molecule has 1 aromatic carbocycles. The lowest BCUT2D eigenvalue weighted by molar-refractivity contribution is 0.102. The van der Waals surface area contributed by atoms with Crippen LogP contribution in [0.3, 0.4) is 0 Å². The van der Waals surface area contributed by atoms with E-state index in [1.54, 1.807) is 12.4 Å². The van der Waals surface area contributed by atoms with Gasteiger partial charge >= 0.3 is 6.03 Å². The van der Waals surface area contributed by atoms with Crippen LogP contribution in [0.2, 0.25) is 0 Å². The lowest BCUT2D eigenvalue weighted by Gasteiger charge is -2.22. The molecular weight excluding hydrogens is 390 g/mol. The molecule has 1 saturated heterocycles. The van der Waals surface area contributed by atoms with Crippen LogP contribution in [0.25, 0.3) is 10.9 Å². The summed E-state index contributed by atoms with van der Waals surface area (Å²) in [4.78, 5) is 38.6. The van der Waals surface area contributed by atoms with E-state index in [1.807, 2.05) is 54.8 Å². The predicted octanol–water partition coefficient (Wildman–Crippen LogP) is 4.46. The molecule has 0 unspecified atom stereocenters. The Hall–Kier alpha value is -3.48. The van der Waals surface area contributed by atoms with Crippen LogP contribution in [-0.4, -0.2) is 46.4 Å². The minimum atomic E-state index is -0.217. The summed E-state index contributed by atoms with van der Waals surface area (Å²) in [6.45, 7) is 9.87. The Labute approximate surface area is 182 Å². The van der Waals surface area contributed by atoms with Crippen molar-refractivity contribution in [3.63, 3.8) is 0 Å². The topological polar surface area (TPSA) is 78.4 Å². The molecular formula is C24H27N5O2. The van der Waals surface area contributed by atoms with Crippen molar-refractivity contribution in [3.8, 4) is 0 Å². The largest absolute Gasteiger partial charge is 0.324 e. The fourth-order valence-electron chi connectivity index (χ4n) is 4.26. The summed E-state index contributed by atoms with van der Waals surface area (Å²) in [5.41, 5.74) is 5.19. The highest BCUT2D eigenvalue weighted by molar-refractivity contribution is 6.12. The molecule has 0 aliphatic carbocycles. The SMILES string of the molecule is CCCN1CCN(c2c(C)cnc3c(NC(=O)c4c(C)ccnc4C)cccc23)C1=O. The van der Waals surface area contributed by atoms with Crippen LogP contribution in [0, 0.1) is 20.8 Å². The van der Waals surface area contributed by atoms with Gasteiger partial charge in [0.05, 0.1) is 28.1 Å². The molecule has 1 N–H and O–H groups in total. The highest BCUT2D eigenvalue weighted by Crippen LogP contribution is 2.35. The van der Waals surface area contributed by atoms with Gasteiger partial charge in [0.25, 0.3) is 5.91 Å². The van der Waals surface area contributed by atoms with Gasteiger partial charge in [-0.2, -0.15) is 0 Å². The molecule has 1 fully saturated rings. The number of anilines is 2. The molecule has 160 valence electrons. The predicted molar refractivity (Wildman–Crippen MR) is 123 cm³/mol. The monoisotopic (exact) mass is 417 g/mol. The minimum Gasteiger partial charge on any atom is -0.323 e. The Kier molecular flexibility index (Phi) is 5.59. The molecule has 1 aliphatic heterocycles. The van der Waals surface area contributed by atoms with Crippen molar-refractivity contribution >= 4 is 34.2 Å². The van der Waals surface area contributed by atoms with E-state index < -0.39 is 0 Å². The lowest BCUT2D eigenvalue weighted by Crippen LogP contribution is -2.32. The molecule has 2 aromatic heterocycles. The van der Waals surface area contributed by atoms with Crippen LogP contribution in [0.4, 0.5) is 16.2 Å². The van der Waals surface area contributed by atoms with Crippen LogP contribution in [0.15, 0.2) is 36.7 Å². The molecule has 3 aromatic rings. The number of hydrogen-bond donors (Lipinski definition) is 1. The molecule has 4 rings (SSSR count). The molecule has 0 saturated carbocycles. The summed E-state index contributed by atoms with van der Waals surface area (Å²) >= 11 is 0. The van der Waals surface area contributed by atoms with E-state index in [-0.39, 0.29) is 11.9 Å². The van der Waals surface area contributed by atoms with Crippen molar-refractivity contribution in [2.45, 2.75) is 34.1 Å². The Morgan fingerprint density at radius 2 is 1.90 bits per heavy atom. The van der Waals surface area contributed by atoms with Gasteiger partial charge < -0.3 is 10.2 Å². The number of carbonyl (C=O) groups is 2. The van der Waals surface area contributed by atoms with Crippen LogP contribution >= 0.6 is 0 Å². The van der Waals surface area contributed by atoms with Gasteiger partial charge in [-0.1, -0.05) is 19.1 Å². The first-order chi connectivity index (χ1) is 14.9. The van der Waals surface area contributed by atoms with E-state index in [9.17, 15) is 9.59 Å². The van der Waals surface area contributed by atoms with Gasteiger partial charge in [0.15, 0.2) is 0 Å². The average Bonchev–Trinajstić information content (AvgIpc) is 3.08. The Balaban J connectivity index is 1.74. The number of nitrogens with zero attached hydrogens (tertiary/aromatic N) is 4. The number of carbonyl (C=O) groups excluding carboxylic acids is 2. The van der Waals surface area contributed by atoms with Crippen LogP contribution in [0.1, 0.15) is 40.5 Å². The number of rotatable bonds is 5. The second-order valence-corrected chi connectivity index (χ2v) is 7.96. The van der Waals surface area contributed by atoms with E-state index in [0.717, 1.165) is 35.2 Å². The maximum atomic E-state index is 13.0. The summed E-state index contributed by atoms with van der Waals surface area (Å²) in [7, 11) is 0. The normalized spacial score (nSPS) is 13.9. The number of aryl methyl sites for hydroxylation is 3. The highest BCUT2D eigenvalue weighted by atomic mass is 16.2. The zero-order valence-electron chi connectivity index (χ0n) is 18.4. The summed E-state index contributed by atoms with van der Waals surface area (Å²) < 4.78 is 0. The van der Waals surface area contributed by atoms with Gasteiger partial charge in [-0.05, 0) is 50.5 Å². The van der Waals surface area contributed by atoms with Gasteiger partial charge in [-0.25, -0.2) is 4.79 Å². The number of hydrogen-bond acceptors (Lipinski definition) is 4. The van der Waals surface area contributed by atoms with Crippen molar-refractivity contribution < 1.29 is 9.59 Å². The molecule has 0 bridgehead atoms. The fraction of sp³-hybridized carbons (Fsp3) is 0.333. The standard InChI is InChI=1S/C24H27N5O2/c1-5-11-28-12-13-29(24(28)31)22-16(3)14-26-21-18(22)7-6-8-19(21)27-23(30)20-15(2)9-10-25-17(20)4/h6-10,14H,5,11-13H2,1-4H3,(H,27,30). The van der Waals surface area contributed by atoms with Gasteiger partial charge in [-0.15, -0.1) is 0 Å². The van der Waals surface area contributed by atoms with E-state index in [4.69, 9.17) is 0 Å². The Morgan fingerprint density at radius 1 is 1.10 bits per heavy atom. The smallest absolute Gasteiger partial charge is 0.323 e. The number of aromatic nitrogens is 2. The minimum absolute atomic E-state index is 0.0218. The van der Waals surface area contributed by atoms with Crippen molar-refractivity contribution in [1.29, 1.82) is 0 Å². The van der Waals surface area contributed by atoms with Gasteiger partial charge in [0.2, 0.25) is 0 Å². The number of pyridine rings is 2. The number of nitrogens with one attached hydrogen (secondary N) is 1. The van der Waals surface area contributed by atoms with Crippen molar-refractivity contribution in [3.05, 3.63) is 59.0 Å². The number of urea groups is 1. The first-order valence-corrected chi connectivity index (χ1v) is 10.6. The molecule has 0 radical (unpaired) electrons. The number of benzene rings is 1. The molecule has 0 atom stereocenters. The van der Waals surface area contributed by atoms with E-state index in [2.05, 4.69) is 22.2 Å².